The summed E-state index contributed by atoms with van der Waals surface area (Å²) in [6, 6.07) is 10.2. The maximum Gasteiger partial charge on any atom is 0.183 e. The highest BCUT2D eigenvalue weighted by atomic mass is 79.9. The molecule has 0 aliphatic rings. The van der Waals surface area contributed by atoms with E-state index in [-0.39, 0.29) is 0 Å². The zero-order valence-electron chi connectivity index (χ0n) is 11.2. The van der Waals surface area contributed by atoms with Crippen LogP contribution in [0, 0.1) is 6.92 Å². The Labute approximate surface area is 143 Å². The monoisotopic (exact) mass is 426 g/mol. The molecule has 0 spiro atoms. The number of hydrogen-bond donors (Lipinski definition) is 2. The first kappa shape index (κ1) is 14.7. The number of anilines is 1. The Morgan fingerprint density at radius 3 is 2.76 bits per heavy atom. The number of rotatable bonds is 4. The third-order valence-electron chi connectivity index (χ3n) is 2.91. The lowest BCUT2D eigenvalue weighted by molar-refractivity contribution is 1.04. The second-order valence-electron chi connectivity index (χ2n) is 4.48. The van der Waals surface area contributed by atoms with Gasteiger partial charge in [0.15, 0.2) is 5.82 Å². The molecular weight excluding hydrogens is 416 g/mol. The van der Waals surface area contributed by atoms with Gasteiger partial charge in [-0.25, -0.2) is 4.98 Å². The van der Waals surface area contributed by atoms with Crippen LogP contribution >= 0.6 is 43.2 Å². The molecule has 0 saturated heterocycles. The van der Waals surface area contributed by atoms with Gasteiger partial charge in [-0.3, -0.25) is 5.10 Å². The average Bonchev–Trinajstić information content (AvgIpc) is 3.04. The van der Waals surface area contributed by atoms with Crippen LogP contribution < -0.4 is 5.32 Å². The lowest BCUT2D eigenvalue weighted by atomic mass is 10.1. The Morgan fingerprint density at radius 2 is 2.10 bits per heavy atom. The van der Waals surface area contributed by atoms with Crippen LogP contribution in [0.1, 0.15) is 10.7 Å². The number of H-pyrrole nitrogens is 1. The summed E-state index contributed by atoms with van der Waals surface area (Å²) >= 11 is 8.73. The van der Waals surface area contributed by atoms with E-state index in [4.69, 9.17) is 0 Å². The van der Waals surface area contributed by atoms with E-state index < -0.39 is 0 Å². The zero-order valence-corrected chi connectivity index (χ0v) is 15.1. The zero-order chi connectivity index (χ0) is 14.8. The van der Waals surface area contributed by atoms with E-state index in [0.29, 0.717) is 5.82 Å². The number of halogens is 2. The van der Waals surface area contributed by atoms with Crippen LogP contribution in [0.4, 0.5) is 5.69 Å². The summed E-state index contributed by atoms with van der Waals surface area (Å²) in [5, 5.41) is 10.6. The number of para-hydroxylation sites is 1. The van der Waals surface area contributed by atoms with Crippen LogP contribution in [0.15, 0.2) is 38.6 Å². The first-order valence-electron chi connectivity index (χ1n) is 6.29. The molecule has 21 heavy (non-hydrogen) atoms. The molecule has 0 fully saturated rings. The van der Waals surface area contributed by atoms with Crippen molar-refractivity contribution in [3.8, 4) is 11.4 Å². The van der Waals surface area contributed by atoms with Crippen LogP contribution in [0.25, 0.3) is 11.4 Å². The third-order valence-corrected chi connectivity index (χ3v) is 6.17. The molecule has 2 N–H and O–H groups in total. The van der Waals surface area contributed by atoms with E-state index in [1.165, 1.54) is 4.88 Å². The summed E-state index contributed by atoms with van der Waals surface area (Å²) in [6.45, 7) is 2.66. The molecule has 108 valence electrons. The van der Waals surface area contributed by atoms with E-state index >= 15 is 0 Å². The summed E-state index contributed by atoms with van der Waals surface area (Å²) < 4.78 is 2.19. The summed E-state index contributed by atoms with van der Waals surface area (Å²) in [5.41, 5.74) is 2.02. The van der Waals surface area contributed by atoms with Crippen molar-refractivity contribution in [1.82, 2.24) is 15.2 Å². The number of nitrogens with zero attached hydrogens (tertiary/aromatic N) is 2. The highest BCUT2D eigenvalue weighted by Crippen LogP contribution is 2.33. The first-order valence-corrected chi connectivity index (χ1v) is 8.69. The van der Waals surface area contributed by atoms with Crippen LogP contribution in [-0.2, 0) is 6.54 Å². The second kappa shape index (κ2) is 6.29. The Morgan fingerprint density at radius 1 is 1.29 bits per heavy atom. The van der Waals surface area contributed by atoms with Crippen LogP contribution in [0.3, 0.4) is 0 Å². The molecule has 0 atom stereocenters. The van der Waals surface area contributed by atoms with Gasteiger partial charge >= 0.3 is 0 Å². The predicted molar refractivity (Wildman–Crippen MR) is 93.6 cm³/mol. The third kappa shape index (κ3) is 3.36. The number of aromatic nitrogens is 3. The summed E-state index contributed by atoms with van der Waals surface area (Å²) in [4.78, 5) is 5.64. The summed E-state index contributed by atoms with van der Waals surface area (Å²) in [7, 11) is 0. The lowest BCUT2D eigenvalue weighted by Crippen LogP contribution is -1.99. The molecule has 0 radical (unpaired) electrons. The maximum atomic E-state index is 4.40. The Bertz CT molecular complexity index is 746. The molecule has 1 aromatic carbocycles. The van der Waals surface area contributed by atoms with Gasteiger partial charge in [0.2, 0.25) is 0 Å². The number of nitrogens with one attached hydrogen (secondary N) is 2. The van der Waals surface area contributed by atoms with Crippen LogP contribution in [-0.4, -0.2) is 15.2 Å². The molecule has 3 aromatic rings. The minimum Gasteiger partial charge on any atom is -0.380 e. The van der Waals surface area contributed by atoms with Gasteiger partial charge in [-0.05, 0) is 57.0 Å². The normalized spacial score (nSPS) is 10.8. The Kier molecular flexibility index (Phi) is 4.42. The Hall–Kier alpha value is -1.18. The highest BCUT2D eigenvalue weighted by Gasteiger charge is 2.10. The van der Waals surface area contributed by atoms with Crippen LogP contribution in [0.5, 0.6) is 0 Å². The van der Waals surface area contributed by atoms with E-state index in [1.807, 2.05) is 31.2 Å². The predicted octanol–water partition coefficient (Wildman–Crippen LogP) is 4.98. The standard InChI is InChI=1S/C14H12Br2N4S/c1-8-18-14(20-19-8)10-4-2-3-5-12(10)17-7-9-6-11(15)13(16)21-9/h2-6,17H,7H2,1H3,(H,18,19,20). The molecular formula is C14H12Br2N4S. The average molecular weight is 428 g/mol. The lowest BCUT2D eigenvalue weighted by Gasteiger charge is -2.08. The minimum atomic E-state index is 0.712. The van der Waals surface area contributed by atoms with Crippen molar-refractivity contribution in [2.75, 3.05) is 5.32 Å². The minimum absolute atomic E-state index is 0.712. The van der Waals surface area contributed by atoms with Crippen molar-refractivity contribution in [3.05, 3.63) is 49.3 Å². The molecule has 0 saturated carbocycles. The van der Waals surface area contributed by atoms with Gasteiger partial charge in [0.1, 0.15) is 5.82 Å². The van der Waals surface area contributed by atoms with E-state index in [9.17, 15) is 0 Å². The molecule has 3 rings (SSSR count). The Balaban J connectivity index is 1.82. The fourth-order valence-electron chi connectivity index (χ4n) is 1.96. The van der Waals surface area contributed by atoms with Gasteiger partial charge in [0.05, 0.1) is 3.79 Å². The SMILES string of the molecule is Cc1nc(-c2ccccc2NCc2cc(Br)c(Br)s2)n[nH]1. The van der Waals surface area contributed by atoms with Crippen LogP contribution in [0.2, 0.25) is 0 Å². The molecule has 4 nitrogen and oxygen atoms in total. The number of aryl methyl sites for hydroxylation is 1. The maximum absolute atomic E-state index is 4.40. The van der Waals surface area contributed by atoms with Crippen molar-refractivity contribution in [3.63, 3.8) is 0 Å². The molecule has 0 aliphatic carbocycles. The molecule has 7 heteroatoms. The number of aromatic amines is 1. The first-order chi connectivity index (χ1) is 10.1. The number of hydrogen-bond acceptors (Lipinski definition) is 4. The molecule has 2 aromatic heterocycles. The largest absolute Gasteiger partial charge is 0.380 e. The molecule has 0 bridgehead atoms. The van der Waals surface area contributed by atoms with Gasteiger partial charge in [-0.1, -0.05) is 12.1 Å². The van der Waals surface area contributed by atoms with Crippen molar-refractivity contribution in [2.24, 2.45) is 0 Å². The smallest absolute Gasteiger partial charge is 0.183 e. The molecule has 2 heterocycles. The van der Waals surface area contributed by atoms with Crippen molar-refractivity contribution in [2.45, 2.75) is 13.5 Å². The van der Waals surface area contributed by atoms with Crippen molar-refractivity contribution < 1.29 is 0 Å². The number of benzene rings is 1. The fourth-order valence-corrected chi connectivity index (χ4v) is 4.07. The quantitative estimate of drug-likeness (QED) is 0.617. The van der Waals surface area contributed by atoms with Gasteiger partial charge in [-0.2, -0.15) is 5.10 Å². The highest BCUT2D eigenvalue weighted by molar-refractivity contribution is 9.13. The number of thiophene rings is 1. The second-order valence-corrected chi connectivity index (χ2v) is 7.79. The topological polar surface area (TPSA) is 53.6 Å². The molecule has 0 unspecified atom stereocenters. The van der Waals surface area contributed by atoms with E-state index in [1.54, 1.807) is 11.3 Å². The van der Waals surface area contributed by atoms with Crippen molar-refractivity contribution >= 4 is 48.9 Å². The fraction of sp³-hybridized carbons (Fsp3) is 0.143. The van der Waals surface area contributed by atoms with Gasteiger partial charge in [0, 0.05) is 27.1 Å². The van der Waals surface area contributed by atoms with E-state index in [2.05, 4.69) is 58.4 Å². The summed E-state index contributed by atoms with van der Waals surface area (Å²) in [6.07, 6.45) is 0. The van der Waals surface area contributed by atoms with E-state index in [0.717, 1.165) is 31.9 Å². The van der Waals surface area contributed by atoms with Crippen molar-refractivity contribution in [1.29, 1.82) is 0 Å². The molecule has 0 amide bonds. The van der Waals surface area contributed by atoms with Gasteiger partial charge in [0.25, 0.3) is 0 Å². The summed E-state index contributed by atoms with van der Waals surface area (Å²) in [5.74, 6) is 1.52. The van der Waals surface area contributed by atoms with Gasteiger partial charge in [-0.15, -0.1) is 11.3 Å². The van der Waals surface area contributed by atoms with Gasteiger partial charge < -0.3 is 5.32 Å². The molecule has 0 aliphatic heterocycles.